The van der Waals surface area contributed by atoms with Crippen molar-refractivity contribution >= 4 is 17.6 Å². The third-order valence-corrected chi connectivity index (χ3v) is 4.77. The van der Waals surface area contributed by atoms with Gasteiger partial charge in [0.05, 0.1) is 16.9 Å². The number of hydrogen-bond donors (Lipinski definition) is 1. The summed E-state index contributed by atoms with van der Waals surface area (Å²) in [7, 11) is 1.68. The number of carbonyl (C=O) groups excluding carboxylic acids is 2. The van der Waals surface area contributed by atoms with E-state index in [9.17, 15) is 23.2 Å². The molecular formula is C22H21F2N3O5. The molecule has 0 saturated carbocycles. The molecule has 0 bridgehead atoms. The van der Waals surface area contributed by atoms with Gasteiger partial charge in [-0.2, -0.15) is 8.78 Å². The second-order valence-electron chi connectivity index (χ2n) is 6.88. The number of carbonyl (C=O) groups is 2. The van der Waals surface area contributed by atoms with Gasteiger partial charge in [0.25, 0.3) is 11.5 Å². The maximum Gasteiger partial charge on any atom is 0.387 e. The third-order valence-electron chi connectivity index (χ3n) is 4.77. The Morgan fingerprint density at radius 1 is 1.03 bits per heavy atom. The second kappa shape index (κ2) is 9.46. The fraction of sp³-hybridized carbons (Fsp3) is 0.227. The summed E-state index contributed by atoms with van der Waals surface area (Å²) in [6, 6.07) is 13.8. The number of hydrogen-bond acceptors (Lipinski definition) is 5. The number of alkyl halides is 2. The lowest BCUT2D eigenvalue weighted by molar-refractivity contribution is -0.123. The number of nitrogens with one attached hydrogen (secondary N) is 1. The second-order valence-corrected chi connectivity index (χ2v) is 6.88. The Kier molecular flexibility index (Phi) is 6.72. The van der Waals surface area contributed by atoms with Crippen molar-refractivity contribution in [3.8, 4) is 11.4 Å². The first-order valence-electron chi connectivity index (χ1n) is 9.59. The van der Waals surface area contributed by atoms with Crippen LogP contribution in [-0.2, 0) is 16.6 Å². The smallest absolute Gasteiger partial charge is 0.387 e. The van der Waals surface area contributed by atoms with E-state index in [4.69, 9.17) is 4.74 Å². The molecule has 0 fully saturated rings. The van der Waals surface area contributed by atoms with Gasteiger partial charge in [-0.1, -0.05) is 18.2 Å². The van der Waals surface area contributed by atoms with Gasteiger partial charge >= 0.3 is 12.6 Å². The Morgan fingerprint density at radius 2 is 1.66 bits per heavy atom. The number of aromatic nitrogens is 2. The largest absolute Gasteiger partial charge is 0.449 e. The molecule has 0 aliphatic heterocycles. The third kappa shape index (κ3) is 4.85. The highest BCUT2D eigenvalue weighted by atomic mass is 19.3. The summed E-state index contributed by atoms with van der Waals surface area (Å²) < 4.78 is 36.8. The predicted molar refractivity (Wildman–Crippen MR) is 112 cm³/mol. The Balaban J connectivity index is 1.71. The van der Waals surface area contributed by atoms with E-state index in [1.807, 2.05) is 6.07 Å². The van der Waals surface area contributed by atoms with Crippen LogP contribution in [0.4, 0.5) is 14.5 Å². The average Bonchev–Trinajstić information content (AvgIpc) is 2.97. The van der Waals surface area contributed by atoms with Crippen LogP contribution in [0.5, 0.6) is 5.75 Å². The summed E-state index contributed by atoms with van der Waals surface area (Å²) >= 11 is 0. The lowest BCUT2D eigenvalue weighted by atomic mass is 10.2. The zero-order valence-electron chi connectivity index (χ0n) is 17.5. The van der Waals surface area contributed by atoms with Crippen LogP contribution < -0.4 is 15.6 Å². The van der Waals surface area contributed by atoms with Crippen molar-refractivity contribution in [3.05, 3.63) is 76.2 Å². The van der Waals surface area contributed by atoms with Crippen LogP contribution in [0.3, 0.4) is 0 Å². The number of nitrogens with zero attached hydrogens (tertiary/aromatic N) is 2. The molecular weight excluding hydrogens is 424 g/mol. The molecule has 1 atom stereocenters. The number of benzene rings is 2. The van der Waals surface area contributed by atoms with Crippen LogP contribution in [0.1, 0.15) is 23.0 Å². The van der Waals surface area contributed by atoms with Gasteiger partial charge < -0.3 is 14.8 Å². The normalized spacial score (nSPS) is 11.8. The summed E-state index contributed by atoms with van der Waals surface area (Å²) in [6.07, 6.45) is -1.22. The SMILES string of the molecule is Cc1c(NC(=O)C(C)OC(=O)c2ccc(OC(F)F)cc2)c(=O)n(-c2ccccc2)n1C. The lowest BCUT2D eigenvalue weighted by Crippen LogP contribution is -2.32. The molecule has 0 spiro atoms. The zero-order chi connectivity index (χ0) is 23.4. The summed E-state index contributed by atoms with van der Waals surface area (Å²) in [4.78, 5) is 37.7. The van der Waals surface area contributed by atoms with Gasteiger partial charge in [-0.3, -0.25) is 14.3 Å². The maximum atomic E-state index is 12.9. The molecule has 1 aromatic heterocycles. The molecule has 0 aliphatic rings. The van der Waals surface area contributed by atoms with E-state index in [1.54, 1.807) is 42.9 Å². The van der Waals surface area contributed by atoms with E-state index >= 15 is 0 Å². The minimum absolute atomic E-state index is 0.0496. The van der Waals surface area contributed by atoms with Crippen molar-refractivity contribution in [2.24, 2.45) is 7.05 Å². The Bertz CT molecular complexity index is 1170. The number of para-hydroxylation sites is 1. The zero-order valence-corrected chi connectivity index (χ0v) is 17.5. The molecule has 1 N–H and O–H groups in total. The minimum Gasteiger partial charge on any atom is -0.449 e. The summed E-state index contributed by atoms with van der Waals surface area (Å²) in [5.74, 6) is -1.64. The molecule has 3 rings (SSSR count). The van der Waals surface area contributed by atoms with E-state index in [0.717, 1.165) is 0 Å². The van der Waals surface area contributed by atoms with Crippen molar-refractivity contribution < 1.29 is 27.8 Å². The van der Waals surface area contributed by atoms with Crippen molar-refractivity contribution in [2.45, 2.75) is 26.6 Å². The Labute approximate surface area is 182 Å². The first kappa shape index (κ1) is 22.7. The standard InChI is InChI=1S/C22H21F2N3O5/c1-13-18(20(29)27(26(13)3)16-7-5-4-6-8-16)25-19(28)14(2)31-21(30)15-9-11-17(12-10-15)32-22(23)24/h4-12,14,22H,1-3H3,(H,25,28). The van der Waals surface area contributed by atoms with Gasteiger partial charge in [-0.15, -0.1) is 0 Å². The molecule has 32 heavy (non-hydrogen) atoms. The van der Waals surface area contributed by atoms with Crippen LogP contribution in [0.25, 0.3) is 5.69 Å². The molecule has 3 aromatic rings. The Hall–Kier alpha value is -3.95. The monoisotopic (exact) mass is 445 g/mol. The van der Waals surface area contributed by atoms with Gasteiger partial charge in [-0.25, -0.2) is 9.48 Å². The number of esters is 1. The first-order valence-corrected chi connectivity index (χ1v) is 9.59. The highest BCUT2D eigenvalue weighted by Crippen LogP contribution is 2.17. The first-order chi connectivity index (χ1) is 15.2. The van der Waals surface area contributed by atoms with E-state index in [1.165, 1.54) is 35.9 Å². The summed E-state index contributed by atoms with van der Waals surface area (Å²) in [5, 5.41) is 2.52. The summed E-state index contributed by atoms with van der Waals surface area (Å²) in [6.45, 7) is 0.0514. The fourth-order valence-corrected chi connectivity index (χ4v) is 2.99. The van der Waals surface area contributed by atoms with Crippen LogP contribution >= 0.6 is 0 Å². The molecule has 8 nitrogen and oxygen atoms in total. The molecule has 1 unspecified atom stereocenters. The van der Waals surface area contributed by atoms with E-state index < -0.39 is 30.2 Å². The van der Waals surface area contributed by atoms with Crippen molar-refractivity contribution in [1.82, 2.24) is 9.36 Å². The van der Waals surface area contributed by atoms with Crippen LogP contribution in [0, 0.1) is 6.92 Å². The Morgan fingerprint density at radius 3 is 2.25 bits per heavy atom. The quantitative estimate of drug-likeness (QED) is 0.564. The highest BCUT2D eigenvalue weighted by Gasteiger charge is 2.23. The number of halogens is 2. The molecule has 1 heterocycles. The van der Waals surface area contributed by atoms with Crippen molar-refractivity contribution in [1.29, 1.82) is 0 Å². The number of rotatable bonds is 7. The van der Waals surface area contributed by atoms with E-state index in [2.05, 4.69) is 10.1 Å². The molecule has 0 radical (unpaired) electrons. The lowest BCUT2D eigenvalue weighted by Gasteiger charge is -2.13. The fourth-order valence-electron chi connectivity index (χ4n) is 2.99. The van der Waals surface area contributed by atoms with Crippen LogP contribution in [0.2, 0.25) is 0 Å². The number of ether oxygens (including phenoxy) is 2. The molecule has 10 heteroatoms. The minimum atomic E-state index is -2.98. The molecule has 0 saturated heterocycles. The molecule has 1 amide bonds. The maximum absolute atomic E-state index is 12.9. The van der Waals surface area contributed by atoms with E-state index in [-0.39, 0.29) is 17.0 Å². The average molecular weight is 445 g/mol. The van der Waals surface area contributed by atoms with Gasteiger partial charge in [0.2, 0.25) is 0 Å². The van der Waals surface area contributed by atoms with Gasteiger partial charge in [0, 0.05) is 7.05 Å². The van der Waals surface area contributed by atoms with Gasteiger partial charge in [0.15, 0.2) is 6.10 Å². The van der Waals surface area contributed by atoms with Crippen LogP contribution in [0.15, 0.2) is 59.4 Å². The van der Waals surface area contributed by atoms with Crippen LogP contribution in [-0.4, -0.2) is 34.0 Å². The van der Waals surface area contributed by atoms with Gasteiger partial charge in [0.1, 0.15) is 11.4 Å². The highest BCUT2D eigenvalue weighted by molar-refractivity contribution is 5.97. The molecule has 2 aromatic carbocycles. The number of amides is 1. The molecule has 168 valence electrons. The van der Waals surface area contributed by atoms with Crippen molar-refractivity contribution in [3.63, 3.8) is 0 Å². The molecule has 0 aliphatic carbocycles. The van der Waals surface area contributed by atoms with E-state index in [0.29, 0.717) is 11.4 Å². The number of anilines is 1. The predicted octanol–water partition coefficient (Wildman–Crippen LogP) is 3.27. The summed E-state index contributed by atoms with van der Waals surface area (Å²) in [5.41, 5.74) is 0.826. The van der Waals surface area contributed by atoms with Gasteiger partial charge in [-0.05, 0) is 50.2 Å². The topological polar surface area (TPSA) is 91.6 Å². The van der Waals surface area contributed by atoms with Crippen molar-refractivity contribution in [2.75, 3.05) is 5.32 Å².